The van der Waals surface area contributed by atoms with Gasteiger partial charge in [0.2, 0.25) is 5.91 Å². The highest BCUT2D eigenvalue weighted by Gasteiger charge is 2.17. The molecule has 1 amide bonds. The Hall–Kier alpha value is -0.780. The quantitative estimate of drug-likeness (QED) is 0.777. The number of carbonyl (C=O) groups is 1. The molecule has 0 atom stereocenters. The van der Waals surface area contributed by atoms with Crippen LogP contribution in [-0.4, -0.2) is 26.6 Å². The molecule has 0 aromatic heterocycles. The van der Waals surface area contributed by atoms with Gasteiger partial charge in [-0.1, -0.05) is 36.5 Å². The third kappa shape index (κ3) is 5.31. The number of hydrogen-bond acceptors (Lipinski definition) is 3. The van der Waals surface area contributed by atoms with Crippen molar-refractivity contribution in [1.82, 2.24) is 5.32 Å². The maximum atomic E-state index is 12.0. The molecule has 0 fully saturated rings. The van der Waals surface area contributed by atoms with E-state index in [2.05, 4.69) is 5.32 Å². The van der Waals surface area contributed by atoms with E-state index in [0.29, 0.717) is 11.6 Å². The van der Waals surface area contributed by atoms with Crippen LogP contribution >= 0.6 is 23.2 Å². The lowest BCUT2D eigenvalue weighted by Gasteiger charge is -2.06. The molecule has 0 aliphatic rings. The fourth-order valence-corrected chi connectivity index (χ4v) is 3.13. The summed E-state index contributed by atoms with van der Waals surface area (Å²) in [6.45, 7) is 2.59. The highest BCUT2D eigenvalue weighted by atomic mass is 35.5. The van der Waals surface area contributed by atoms with Crippen LogP contribution in [0.3, 0.4) is 0 Å². The molecule has 1 aromatic rings. The number of nitrogens with one attached hydrogen (secondary N) is 1. The summed E-state index contributed by atoms with van der Waals surface area (Å²) in [6, 6.07) is 4.12. The number of unbranched alkanes of at least 4 members (excludes halogenated alkanes) is 1. The van der Waals surface area contributed by atoms with E-state index >= 15 is 0 Å². The monoisotopic (exact) mass is 337 g/mol. The summed E-state index contributed by atoms with van der Waals surface area (Å²) in [4.78, 5) is 11.6. The van der Waals surface area contributed by atoms with Crippen molar-refractivity contribution in [3.63, 3.8) is 0 Å². The van der Waals surface area contributed by atoms with Gasteiger partial charge in [-0.3, -0.25) is 4.79 Å². The highest BCUT2D eigenvalue weighted by Crippen LogP contribution is 2.25. The van der Waals surface area contributed by atoms with Gasteiger partial charge >= 0.3 is 0 Å². The highest BCUT2D eigenvalue weighted by molar-refractivity contribution is 7.91. The van der Waals surface area contributed by atoms with E-state index in [0.717, 1.165) is 12.8 Å². The largest absolute Gasteiger partial charge is 0.356 e. The molecule has 1 rings (SSSR count). The molecule has 0 bridgehead atoms. The van der Waals surface area contributed by atoms with Crippen LogP contribution in [0.4, 0.5) is 0 Å². The van der Waals surface area contributed by atoms with Gasteiger partial charge in [-0.15, -0.1) is 0 Å². The van der Waals surface area contributed by atoms with E-state index in [-0.39, 0.29) is 28.0 Å². The molecule has 0 aliphatic heterocycles. The normalized spacial score (nSPS) is 11.3. The lowest BCUT2D eigenvalue weighted by molar-refractivity contribution is -0.120. The molecule has 0 saturated heterocycles. The Morgan fingerprint density at radius 2 is 1.95 bits per heavy atom. The Bertz CT molecular complexity index is 573. The van der Waals surface area contributed by atoms with Crippen LogP contribution in [0.15, 0.2) is 23.1 Å². The first-order chi connectivity index (χ1) is 9.36. The Morgan fingerprint density at radius 3 is 2.55 bits per heavy atom. The van der Waals surface area contributed by atoms with Gasteiger partial charge in [0.25, 0.3) is 0 Å². The minimum atomic E-state index is -3.53. The molecule has 1 N–H and O–H groups in total. The fourth-order valence-electron chi connectivity index (χ4n) is 1.51. The maximum absolute atomic E-state index is 12.0. The molecule has 0 heterocycles. The first kappa shape index (κ1) is 17.3. The molecular formula is C13H17Cl2NO3S. The minimum Gasteiger partial charge on any atom is -0.356 e. The summed E-state index contributed by atoms with van der Waals surface area (Å²) in [5, 5.41) is 3.15. The third-order valence-corrected chi connectivity index (χ3v) is 5.15. The zero-order valence-corrected chi connectivity index (χ0v) is 13.5. The topological polar surface area (TPSA) is 63.2 Å². The van der Waals surface area contributed by atoms with Gasteiger partial charge in [0.15, 0.2) is 9.84 Å². The van der Waals surface area contributed by atoms with Crippen molar-refractivity contribution in [2.75, 3.05) is 12.3 Å². The Labute approximate surface area is 129 Å². The van der Waals surface area contributed by atoms with Crippen molar-refractivity contribution in [1.29, 1.82) is 0 Å². The van der Waals surface area contributed by atoms with Gasteiger partial charge < -0.3 is 5.32 Å². The van der Waals surface area contributed by atoms with Gasteiger partial charge in [0.05, 0.1) is 20.7 Å². The van der Waals surface area contributed by atoms with Crippen LogP contribution in [0.1, 0.15) is 26.2 Å². The number of rotatable bonds is 7. The molecular weight excluding hydrogens is 321 g/mol. The van der Waals surface area contributed by atoms with Crippen molar-refractivity contribution in [3.8, 4) is 0 Å². The van der Waals surface area contributed by atoms with Crippen molar-refractivity contribution < 1.29 is 13.2 Å². The summed E-state index contributed by atoms with van der Waals surface area (Å²) in [6.07, 6.45) is 1.79. The summed E-state index contributed by atoms with van der Waals surface area (Å²) in [5.74, 6) is -0.509. The first-order valence-electron chi connectivity index (χ1n) is 6.31. The number of halogens is 2. The van der Waals surface area contributed by atoms with Crippen LogP contribution < -0.4 is 5.32 Å². The van der Waals surface area contributed by atoms with Crippen LogP contribution in [0.2, 0.25) is 10.0 Å². The molecule has 20 heavy (non-hydrogen) atoms. The fraction of sp³-hybridized carbons (Fsp3) is 0.462. The SMILES string of the molecule is CCCCNC(=O)CCS(=O)(=O)c1ccc(Cl)c(Cl)c1. The Balaban J connectivity index is 2.61. The molecule has 1 aromatic carbocycles. The molecule has 4 nitrogen and oxygen atoms in total. The van der Waals surface area contributed by atoms with Crippen molar-refractivity contribution in [2.24, 2.45) is 0 Å². The zero-order valence-electron chi connectivity index (χ0n) is 11.2. The second kappa shape index (κ2) is 7.86. The predicted molar refractivity (Wildman–Crippen MR) is 81.0 cm³/mol. The maximum Gasteiger partial charge on any atom is 0.221 e. The molecule has 0 aliphatic carbocycles. The second-order valence-electron chi connectivity index (χ2n) is 4.35. The lowest BCUT2D eigenvalue weighted by atomic mass is 10.3. The Morgan fingerprint density at radius 1 is 1.25 bits per heavy atom. The van der Waals surface area contributed by atoms with E-state index in [1.54, 1.807) is 0 Å². The minimum absolute atomic E-state index is 0.0632. The number of amides is 1. The first-order valence-corrected chi connectivity index (χ1v) is 8.72. The molecule has 0 unspecified atom stereocenters. The average molecular weight is 338 g/mol. The van der Waals surface area contributed by atoms with Crippen molar-refractivity contribution in [2.45, 2.75) is 31.1 Å². The van der Waals surface area contributed by atoms with Gasteiger partial charge in [-0.25, -0.2) is 8.42 Å². The molecule has 112 valence electrons. The third-order valence-electron chi connectivity index (χ3n) is 2.70. The second-order valence-corrected chi connectivity index (χ2v) is 7.27. The van der Waals surface area contributed by atoms with Crippen molar-refractivity contribution in [3.05, 3.63) is 28.2 Å². The van der Waals surface area contributed by atoms with Crippen LogP contribution in [0, 0.1) is 0 Å². The number of benzene rings is 1. The van der Waals surface area contributed by atoms with Crippen LogP contribution in [-0.2, 0) is 14.6 Å². The van der Waals surface area contributed by atoms with Gasteiger partial charge in [-0.05, 0) is 24.6 Å². The van der Waals surface area contributed by atoms with E-state index in [1.807, 2.05) is 6.92 Å². The lowest BCUT2D eigenvalue weighted by Crippen LogP contribution is -2.26. The summed E-state index contributed by atoms with van der Waals surface area (Å²) < 4.78 is 24.1. The molecule has 0 spiro atoms. The van der Waals surface area contributed by atoms with Gasteiger partial charge in [0, 0.05) is 13.0 Å². The van der Waals surface area contributed by atoms with Crippen molar-refractivity contribution >= 4 is 38.9 Å². The van der Waals surface area contributed by atoms with E-state index in [1.165, 1.54) is 18.2 Å². The van der Waals surface area contributed by atoms with E-state index in [4.69, 9.17) is 23.2 Å². The summed E-state index contributed by atoms with van der Waals surface area (Å²) in [5.41, 5.74) is 0. The van der Waals surface area contributed by atoms with Gasteiger partial charge in [-0.2, -0.15) is 0 Å². The summed E-state index contributed by atoms with van der Waals surface area (Å²) >= 11 is 11.5. The smallest absolute Gasteiger partial charge is 0.221 e. The standard InChI is InChI=1S/C13H17Cl2NO3S/c1-2-3-7-16-13(17)6-8-20(18,19)10-4-5-11(14)12(15)9-10/h4-5,9H,2-3,6-8H2,1H3,(H,16,17). The predicted octanol–water partition coefficient (Wildman–Crippen LogP) is 3.07. The number of carbonyl (C=O) groups excluding carboxylic acids is 1. The Kier molecular flexibility index (Phi) is 6.79. The van der Waals surface area contributed by atoms with E-state index in [9.17, 15) is 13.2 Å². The zero-order chi connectivity index (χ0) is 15.2. The molecule has 0 saturated carbocycles. The van der Waals surface area contributed by atoms with Gasteiger partial charge in [0.1, 0.15) is 0 Å². The van der Waals surface area contributed by atoms with E-state index < -0.39 is 9.84 Å². The molecule has 0 radical (unpaired) electrons. The number of hydrogen-bond donors (Lipinski definition) is 1. The average Bonchev–Trinajstić information content (AvgIpc) is 2.40. The van der Waals surface area contributed by atoms with Crippen LogP contribution in [0.5, 0.6) is 0 Å². The molecule has 7 heteroatoms. The van der Waals surface area contributed by atoms with Crippen LogP contribution in [0.25, 0.3) is 0 Å². The summed E-state index contributed by atoms with van der Waals surface area (Å²) in [7, 11) is -3.53. The number of sulfone groups is 1.